The summed E-state index contributed by atoms with van der Waals surface area (Å²) in [6.07, 6.45) is 4.63. The van der Waals surface area contributed by atoms with Crippen LogP contribution in [0, 0.1) is 12.8 Å². The first-order valence-electron chi connectivity index (χ1n) is 5.72. The Kier molecular flexibility index (Phi) is 2.64. The quantitative estimate of drug-likeness (QED) is 0.802. The Hall–Kier alpha value is -1.69. The summed E-state index contributed by atoms with van der Waals surface area (Å²) in [6, 6.07) is 1.92. The largest absolute Gasteiger partial charge is 0.368 e. The van der Waals surface area contributed by atoms with E-state index in [2.05, 4.69) is 15.2 Å². The van der Waals surface area contributed by atoms with Crippen molar-refractivity contribution in [1.29, 1.82) is 0 Å². The standard InChI is InChI=1S/C11H14N4O2/c1-8-13-11(17-14-8)10-9(3-6-16-10)7-15-5-2-4-12-15/h2,4-5,9-10H,3,6-7H2,1H3/t9-,10-/m0/s1. The predicted molar refractivity (Wildman–Crippen MR) is 58.1 cm³/mol. The van der Waals surface area contributed by atoms with E-state index in [4.69, 9.17) is 9.26 Å². The molecule has 0 aliphatic carbocycles. The topological polar surface area (TPSA) is 66.0 Å². The summed E-state index contributed by atoms with van der Waals surface area (Å²) in [5.74, 6) is 1.57. The summed E-state index contributed by atoms with van der Waals surface area (Å²) in [6.45, 7) is 3.36. The zero-order valence-electron chi connectivity index (χ0n) is 9.61. The maximum Gasteiger partial charge on any atom is 0.256 e. The van der Waals surface area contributed by atoms with Gasteiger partial charge in [0.05, 0.1) is 0 Å². The molecule has 1 aliphatic heterocycles. The summed E-state index contributed by atoms with van der Waals surface area (Å²) in [5.41, 5.74) is 0. The van der Waals surface area contributed by atoms with E-state index in [0.717, 1.165) is 19.6 Å². The van der Waals surface area contributed by atoms with Crippen molar-refractivity contribution in [1.82, 2.24) is 19.9 Å². The van der Waals surface area contributed by atoms with Crippen molar-refractivity contribution in [3.05, 3.63) is 30.2 Å². The number of ether oxygens (including phenoxy) is 1. The molecule has 0 amide bonds. The van der Waals surface area contributed by atoms with Crippen molar-refractivity contribution in [2.45, 2.75) is 26.0 Å². The van der Waals surface area contributed by atoms with Gasteiger partial charge in [0.1, 0.15) is 6.10 Å². The first kappa shape index (κ1) is 10.5. The Labute approximate surface area is 98.6 Å². The fourth-order valence-corrected chi connectivity index (χ4v) is 2.17. The molecule has 1 aliphatic rings. The van der Waals surface area contributed by atoms with E-state index in [9.17, 15) is 0 Å². The number of rotatable bonds is 3. The Bertz CT molecular complexity index is 479. The molecule has 0 bridgehead atoms. The van der Waals surface area contributed by atoms with E-state index >= 15 is 0 Å². The van der Waals surface area contributed by atoms with Crippen LogP contribution in [0.15, 0.2) is 23.0 Å². The second-order valence-corrected chi connectivity index (χ2v) is 4.25. The van der Waals surface area contributed by atoms with Gasteiger partial charge < -0.3 is 9.26 Å². The Balaban J connectivity index is 1.76. The highest BCUT2D eigenvalue weighted by Crippen LogP contribution is 2.34. The molecule has 0 spiro atoms. The fourth-order valence-electron chi connectivity index (χ4n) is 2.17. The van der Waals surface area contributed by atoms with Crippen LogP contribution in [-0.4, -0.2) is 26.5 Å². The lowest BCUT2D eigenvalue weighted by Crippen LogP contribution is -2.15. The molecule has 0 N–H and O–H groups in total. The lowest BCUT2D eigenvalue weighted by molar-refractivity contribution is 0.0578. The second kappa shape index (κ2) is 4.29. The van der Waals surface area contributed by atoms with Gasteiger partial charge in [0.2, 0.25) is 0 Å². The second-order valence-electron chi connectivity index (χ2n) is 4.25. The monoisotopic (exact) mass is 234 g/mol. The van der Waals surface area contributed by atoms with Crippen LogP contribution in [0.2, 0.25) is 0 Å². The third kappa shape index (κ3) is 2.08. The molecule has 0 radical (unpaired) electrons. The van der Waals surface area contributed by atoms with E-state index in [-0.39, 0.29) is 6.10 Å². The normalized spacial score (nSPS) is 24.3. The van der Waals surface area contributed by atoms with Gasteiger partial charge in [-0.15, -0.1) is 0 Å². The minimum atomic E-state index is -0.0969. The van der Waals surface area contributed by atoms with Crippen molar-refractivity contribution in [2.75, 3.05) is 6.61 Å². The van der Waals surface area contributed by atoms with E-state index in [0.29, 0.717) is 17.6 Å². The maximum absolute atomic E-state index is 5.68. The summed E-state index contributed by atoms with van der Waals surface area (Å²) < 4.78 is 12.8. The predicted octanol–water partition coefficient (Wildman–Crippen LogP) is 1.35. The molecular weight excluding hydrogens is 220 g/mol. The van der Waals surface area contributed by atoms with Gasteiger partial charge >= 0.3 is 0 Å². The summed E-state index contributed by atoms with van der Waals surface area (Å²) >= 11 is 0. The molecule has 1 saturated heterocycles. The van der Waals surface area contributed by atoms with Crippen molar-refractivity contribution < 1.29 is 9.26 Å². The summed E-state index contributed by atoms with van der Waals surface area (Å²) in [5, 5.41) is 8.01. The SMILES string of the molecule is Cc1noc([C@H]2OCC[C@H]2Cn2cccn2)n1. The Morgan fingerprint density at radius 2 is 2.47 bits per heavy atom. The molecule has 17 heavy (non-hydrogen) atoms. The maximum atomic E-state index is 5.68. The number of aromatic nitrogens is 4. The van der Waals surface area contributed by atoms with Gasteiger partial charge in [-0.05, 0) is 19.4 Å². The molecule has 1 fully saturated rings. The molecule has 2 aromatic rings. The van der Waals surface area contributed by atoms with E-state index in [1.807, 2.05) is 23.9 Å². The average molecular weight is 234 g/mol. The molecule has 6 heteroatoms. The van der Waals surface area contributed by atoms with Gasteiger partial charge in [-0.2, -0.15) is 10.1 Å². The van der Waals surface area contributed by atoms with Crippen LogP contribution >= 0.6 is 0 Å². The number of hydrogen-bond acceptors (Lipinski definition) is 5. The van der Waals surface area contributed by atoms with Crippen LogP contribution in [0.4, 0.5) is 0 Å². The number of aryl methyl sites for hydroxylation is 1. The molecule has 3 rings (SSSR count). The van der Waals surface area contributed by atoms with Crippen molar-refractivity contribution >= 4 is 0 Å². The third-order valence-electron chi connectivity index (χ3n) is 2.98. The first-order valence-corrected chi connectivity index (χ1v) is 5.72. The van der Waals surface area contributed by atoms with E-state index in [1.54, 1.807) is 6.20 Å². The highest BCUT2D eigenvalue weighted by atomic mass is 16.5. The highest BCUT2D eigenvalue weighted by Gasteiger charge is 2.34. The lowest BCUT2D eigenvalue weighted by atomic mass is 10.0. The molecule has 3 heterocycles. The van der Waals surface area contributed by atoms with Crippen molar-refractivity contribution in [3.8, 4) is 0 Å². The highest BCUT2D eigenvalue weighted by molar-refractivity contribution is 4.94. The molecule has 2 atom stereocenters. The van der Waals surface area contributed by atoms with Gasteiger partial charge in [0.25, 0.3) is 5.89 Å². The molecule has 0 unspecified atom stereocenters. The fraction of sp³-hybridized carbons (Fsp3) is 0.545. The lowest BCUT2D eigenvalue weighted by Gasteiger charge is -2.14. The smallest absolute Gasteiger partial charge is 0.256 e. The van der Waals surface area contributed by atoms with Crippen molar-refractivity contribution in [3.63, 3.8) is 0 Å². The Morgan fingerprint density at radius 1 is 1.53 bits per heavy atom. The van der Waals surface area contributed by atoms with Gasteiger partial charge in [-0.25, -0.2) is 0 Å². The summed E-state index contributed by atoms with van der Waals surface area (Å²) in [7, 11) is 0. The minimum Gasteiger partial charge on any atom is -0.368 e. The van der Waals surface area contributed by atoms with Gasteiger partial charge in [-0.1, -0.05) is 5.16 Å². The average Bonchev–Trinajstić information content (AvgIpc) is 2.99. The van der Waals surface area contributed by atoms with Crippen molar-refractivity contribution in [2.24, 2.45) is 5.92 Å². The van der Waals surface area contributed by atoms with Crippen LogP contribution in [0.3, 0.4) is 0 Å². The molecule has 6 nitrogen and oxygen atoms in total. The van der Waals surface area contributed by atoms with Crippen LogP contribution < -0.4 is 0 Å². The zero-order valence-corrected chi connectivity index (χ0v) is 9.61. The van der Waals surface area contributed by atoms with Gasteiger partial charge in [0.15, 0.2) is 5.82 Å². The van der Waals surface area contributed by atoms with Crippen LogP contribution in [0.25, 0.3) is 0 Å². The summed E-state index contributed by atoms with van der Waals surface area (Å²) in [4.78, 5) is 4.24. The molecule has 2 aromatic heterocycles. The molecule has 0 aromatic carbocycles. The van der Waals surface area contributed by atoms with Gasteiger partial charge in [0, 0.05) is 31.5 Å². The van der Waals surface area contributed by atoms with E-state index < -0.39 is 0 Å². The third-order valence-corrected chi connectivity index (χ3v) is 2.98. The molecular formula is C11H14N4O2. The Morgan fingerprint density at radius 3 is 3.18 bits per heavy atom. The zero-order chi connectivity index (χ0) is 11.7. The molecule has 0 saturated carbocycles. The first-order chi connectivity index (χ1) is 8.33. The van der Waals surface area contributed by atoms with Crippen LogP contribution in [0.5, 0.6) is 0 Å². The van der Waals surface area contributed by atoms with Gasteiger partial charge in [-0.3, -0.25) is 4.68 Å². The van der Waals surface area contributed by atoms with Crippen LogP contribution in [0.1, 0.15) is 24.2 Å². The molecule has 90 valence electrons. The van der Waals surface area contributed by atoms with E-state index in [1.165, 1.54) is 0 Å². The number of hydrogen-bond donors (Lipinski definition) is 0. The van der Waals surface area contributed by atoms with Crippen LogP contribution in [-0.2, 0) is 11.3 Å². The number of nitrogens with zero attached hydrogens (tertiary/aromatic N) is 4. The minimum absolute atomic E-state index is 0.0969.